The van der Waals surface area contributed by atoms with Crippen LogP contribution in [0.4, 0.5) is 0 Å². The Morgan fingerprint density at radius 2 is 1.75 bits per heavy atom. The molecule has 1 fully saturated rings. The summed E-state index contributed by atoms with van der Waals surface area (Å²) in [5, 5.41) is 11.8. The van der Waals surface area contributed by atoms with E-state index in [0.717, 1.165) is 32.7 Å². The average molecular weight is 174 g/mol. The summed E-state index contributed by atoms with van der Waals surface area (Å²) in [4.78, 5) is 2.26. The maximum Gasteiger partial charge on any atom is 0.0558 e. The van der Waals surface area contributed by atoms with Crippen LogP contribution in [0, 0.1) is 0 Å². The zero-order valence-electron chi connectivity index (χ0n) is 8.34. The lowest BCUT2D eigenvalue weighted by molar-refractivity contribution is 0.180. The topological polar surface area (TPSA) is 35.5 Å². The quantitative estimate of drug-likeness (QED) is 0.632. The van der Waals surface area contributed by atoms with Crippen molar-refractivity contribution in [2.45, 2.75) is 20.3 Å². The van der Waals surface area contributed by atoms with E-state index in [-0.39, 0.29) is 0 Å². The Kier molecular flexibility index (Phi) is 8.88. The van der Waals surface area contributed by atoms with Gasteiger partial charge in [0.05, 0.1) is 6.61 Å². The predicted octanol–water partition coefficient (Wildman–Crippen LogP) is 0.300. The maximum absolute atomic E-state index is 8.56. The number of β-amino-alcohol motifs (C(OH)–C–C–N with tert-alkyl or cyclic N) is 1. The Morgan fingerprint density at radius 3 is 2.17 bits per heavy atom. The van der Waals surface area contributed by atoms with Gasteiger partial charge < -0.3 is 10.4 Å². The van der Waals surface area contributed by atoms with Gasteiger partial charge in [-0.1, -0.05) is 20.3 Å². The zero-order valence-corrected chi connectivity index (χ0v) is 8.34. The van der Waals surface area contributed by atoms with Crippen LogP contribution in [-0.2, 0) is 0 Å². The van der Waals surface area contributed by atoms with Crippen molar-refractivity contribution in [3.8, 4) is 0 Å². The van der Waals surface area contributed by atoms with Gasteiger partial charge in [0.15, 0.2) is 0 Å². The number of nitrogens with one attached hydrogen (secondary N) is 1. The Morgan fingerprint density at radius 1 is 1.25 bits per heavy atom. The van der Waals surface area contributed by atoms with Crippen LogP contribution in [0.2, 0.25) is 0 Å². The van der Waals surface area contributed by atoms with Crippen LogP contribution in [0.3, 0.4) is 0 Å². The molecular weight excluding hydrogens is 152 g/mol. The Hall–Kier alpha value is -0.120. The van der Waals surface area contributed by atoms with Crippen molar-refractivity contribution < 1.29 is 5.11 Å². The summed E-state index contributed by atoms with van der Waals surface area (Å²) >= 11 is 0. The fraction of sp³-hybridized carbons (Fsp3) is 1.00. The van der Waals surface area contributed by atoms with Gasteiger partial charge in [0.2, 0.25) is 0 Å². The second-order valence-electron chi connectivity index (χ2n) is 3.02. The summed E-state index contributed by atoms with van der Waals surface area (Å²) < 4.78 is 0. The van der Waals surface area contributed by atoms with Gasteiger partial charge in [-0.3, -0.25) is 4.90 Å². The lowest BCUT2D eigenvalue weighted by Gasteiger charge is -2.25. The smallest absolute Gasteiger partial charge is 0.0558 e. The lowest BCUT2D eigenvalue weighted by atomic mass is 10.4. The molecule has 1 heterocycles. The number of nitrogens with zero attached hydrogens (tertiary/aromatic N) is 1. The standard InChI is InChI=1S/C6H14N2O.C3H8/c9-6-5-8-3-1-7-2-4-8;1-3-2/h7,9H,1-6H2;3H2,1-2H3. The van der Waals surface area contributed by atoms with Gasteiger partial charge in [0, 0.05) is 32.7 Å². The molecule has 0 aromatic carbocycles. The number of rotatable bonds is 2. The van der Waals surface area contributed by atoms with Crippen molar-refractivity contribution in [1.82, 2.24) is 10.2 Å². The number of hydrogen-bond acceptors (Lipinski definition) is 3. The molecule has 0 unspecified atom stereocenters. The van der Waals surface area contributed by atoms with E-state index < -0.39 is 0 Å². The van der Waals surface area contributed by atoms with Crippen LogP contribution in [0.1, 0.15) is 20.3 Å². The predicted molar refractivity (Wildman–Crippen MR) is 52.4 cm³/mol. The van der Waals surface area contributed by atoms with E-state index in [4.69, 9.17) is 5.11 Å². The number of aliphatic hydroxyl groups excluding tert-OH is 1. The second kappa shape index (κ2) is 8.97. The van der Waals surface area contributed by atoms with Crippen molar-refractivity contribution in [2.75, 3.05) is 39.3 Å². The minimum absolute atomic E-state index is 0.292. The minimum Gasteiger partial charge on any atom is -0.395 e. The highest BCUT2D eigenvalue weighted by atomic mass is 16.3. The van der Waals surface area contributed by atoms with E-state index in [2.05, 4.69) is 24.1 Å². The molecule has 0 spiro atoms. The van der Waals surface area contributed by atoms with Gasteiger partial charge >= 0.3 is 0 Å². The van der Waals surface area contributed by atoms with E-state index in [9.17, 15) is 0 Å². The van der Waals surface area contributed by atoms with Crippen LogP contribution in [0.25, 0.3) is 0 Å². The average Bonchev–Trinajstić information content (AvgIpc) is 2.08. The molecule has 0 radical (unpaired) electrons. The number of hydrogen-bond donors (Lipinski definition) is 2. The first-order valence-electron chi connectivity index (χ1n) is 4.89. The lowest BCUT2D eigenvalue weighted by Crippen LogP contribution is -2.44. The van der Waals surface area contributed by atoms with E-state index in [1.54, 1.807) is 0 Å². The molecule has 0 atom stereocenters. The molecule has 0 aromatic rings. The molecule has 0 amide bonds. The van der Waals surface area contributed by atoms with Crippen molar-refractivity contribution >= 4 is 0 Å². The molecular formula is C9H22N2O. The van der Waals surface area contributed by atoms with Gasteiger partial charge in [-0.2, -0.15) is 0 Å². The molecule has 2 N–H and O–H groups in total. The van der Waals surface area contributed by atoms with Crippen molar-refractivity contribution in [3.05, 3.63) is 0 Å². The third-order valence-corrected chi connectivity index (χ3v) is 1.63. The molecule has 3 heteroatoms. The third-order valence-electron chi connectivity index (χ3n) is 1.63. The summed E-state index contributed by atoms with van der Waals surface area (Å²) in [6.07, 6.45) is 1.25. The molecule has 12 heavy (non-hydrogen) atoms. The van der Waals surface area contributed by atoms with Crippen LogP contribution in [0.5, 0.6) is 0 Å². The summed E-state index contributed by atoms with van der Waals surface area (Å²) in [5.74, 6) is 0. The summed E-state index contributed by atoms with van der Waals surface area (Å²) in [6.45, 7) is 9.68. The number of piperazine rings is 1. The van der Waals surface area contributed by atoms with Gasteiger partial charge in [0.25, 0.3) is 0 Å². The molecule has 74 valence electrons. The van der Waals surface area contributed by atoms with Crippen LogP contribution in [0.15, 0.2) is 0 Å². The van der Waals surface area contributed by atoms with E-state index in [0.29, 0.717) is 6.61 Å². The van der Waals surface area contributed by atoms with Crippen molar-refractivity contribution in [1.29, 1.82) is 0 Å². The summed E-state index contributed by atoms with van der Waals surface area (Å²) in [6, 6.07) is 0. The molecule has 1 aliphatic rings. The normalized spacial score (nSPS) is 18.2. The molecule has 1 aliphatic heterocycles. The van der Waals surface area contributed by atoms with E-state index in [1.165, 1.54) is 6.42 Å². The zero-order chi connectivity index (χ0) is 9.23. The Labute approximate surface area is 75.8 Å². The molecule has 0 aromatic heterocycles. The van der Waals surface area contributed by atoms with Crippen LogP contribution in [-0.4, -0.2) is 49.3 Å². The highest BCUT2D eigenvalue weighted by molar-refractivity contribution is 4.66. The fourth-order valence-corrected chi connectivity index (χ4v) is 1.08. The molecule has 3 nitrogen and oxygen atoms in total. The van der Waals surface area contributed by atoms with Crippen LogP contribution < -0.4 is 5.32 Å². The minimum atomic E-state index is 0.292. The fourth-order valence-electron chi connectivity index (χ4n) is 1.08. The van der Waals surface area contributed by atoms with Crippen molar-refractivity contribution in [3.63, 3.8) is 0 Å². The second-order valence-corrected chi connectivity index (χ2v) is 3.02. The third kappa shape index (κ3) is 6.58. The van der Waals surface area contributed by atoms with E-state index in [1.807, 2.05) is 0 Å². The molecule has 1 rings (SSSR count). The van der Waals surface area contributed by atoms with Crippen LogP contribution >= 0.6 is 0 Å². The molecule has 0 saturated carbocycles. The first kappa shape index (κ1) is 11.9. The summed E-state index contributed by atoms with van der Waals surface area (Å²) in [5.41, 5.74) is 0. The van der Waals surface area contributed by atoms with Gasteiger partial charge in [-0.15, -0.1) is 0 Å². The van der Waals surface area contributed by atoms with Crippen molar-refractivity contribution in [2.24, 2.45) is 0 Å². The van der Waals surface area contributed by atoms with Gasteiger partial charge in [-0.05, 0) is 0 Å². The first-order chi connectivity index (χ1) is 5.85. The Balaban J connectivity index is 0.000000354. The molecule has 0 bridgehead atoms. The van der Waals surface area contributed by atoms with Gasteiger partial charge in [-0.25, -0.2) is 0 Å². The summed E-state index contributed by atoms with van der Waals surface area (Å²) in [7, 11) is 0. The highest BCUT2D eigenvalue weighted by Gasteiger charge is 2.06. The Bertz CT molecular complexity index is 79.8. The first-order valence-corrected chi connectivity index (χ1v) is 4.89. The number of aliphatic hydroxyl groups is 1. The maximum atomic E-state index is 8.56. The van der Waals surface area contributed by atoms with E-state index >= 15 is 0 Å². The molecule has 0 aliphatic carbocycles. The largest absolute Gasteiger partial charge is 0.395 e. The monoisotopic (exact) mass is 174 g/mol. The van der Waals surface area contributed by atoms with Gasteiger partial charge in [0.1, 0.15) is 0 Å². The SMILES string of the molecule is CCC.OCCN1CCNCC1. The highest BCUT2D eigenvalue weighted by Crippen LogP contribution is 1.88. The molecule has 1 saturated heterocycles.